The molecule has 1 saturated heterocycles. The quantitative estimate of drug-likeness (QED) is 0.312. The van der Waals surface area contributed by atoms with Gasteiger partial charge >= 0.3 is 0 Å². The zero-order valence-electron chi connectivity index (χ0n) is 22.3. The van der Waals surface area contributed by atoms with Crippen molar-refractivity contribution in [2.45, 2.75) is 45.3 Å². The molecule has 39 heavy (non-hydrogen) atoms. The molecule has 0 spiro atoms. The van der Waals surface area contributed by atoms with Gasteiger partial charge in [-0.1, -0.05) is 17.7 Å². The van der Waals surface area contributed by atoms with E-state index >= 15 is 0 Å². The number of nitrogens with zero attached hydrogens (tertiary/aromatic N) is 3. The van der Waals surface area contributed by atoms with Gasteiger partial charge in [0.1, 0.15) is 17.3 Å². The van der Waals surface area contributed by atoms with Crippen LogP contribution in [-0.2, 0) is 16.1 Å². The first-order valence-corrected chi connectivity index (χ1v) is 12.7. The summed E-state index contributed by atoms with van der Waals surface area (Å²) in [5.41, 5.74) is 11.2. The number of fused-ring (bicyclic) bond motifs is 1. The first-order valence-electron chi connectivity index (χ1n) is 12.7. The van der Waals surface area contributed by atoms with Crippen LogP contribution >= 0.6 is 0 Å². The van der Waals surface area contributed by atoms with Crippen LogP contribution in [0.15, 0.2) is 54.7 Å². The van der Waals surface area contributed by atoms with Crippen molar-refractivity contribution in [3.05, 3.63) is 77.4 Å². The van der Waals surface area contributed by atoms with E-state index in [-0.39, 0.29) is 12.6 Å². The highest BCUT2D eigenvalue weighted by Crippen LogP contribution is 2.28. The predicted molar refractivity (Wildman–Crippen MR) is 147 cm³/mol. The topological polar surface area (TPSA) is 126 Å². The van der Waals surface area contributed by atoms with Crippen LogP contribution in [0.3, 0.4) is 0 Å². The predicted octanol–water partition coefficient (Wildman–Crippen LogP) is 3.64. The Labute approximate surface area is 226 Å². The van der Waals surface area contributed by atoms with Crippen molar-refractivity contribution in [2.75, 3.05) is 13.7 Å². The number of H-pyrrole nitrogens is 1. The summed E-state index contributed by atoms with van der Waals surface area (Å²) in [7, 11) is 1.47. The fourth-order valence-electron chi connectivity index (χ4n) is 4.90. The van der Waals surface area contributed by atoms with E-state index in [1.807, 2.05) is 19.2 Å². The number of piperidine rings is 1. The molecule has 1 aliphatic rings. The van der Waals surface area contributed by atoms with Crippen molar-refractivity contribution < 1.29 is 18.7 Å². The number of halogens is 1. The summed E-state index contributed by atoms with van der Waals surface area (Å²) in [5.74, 6) is -0.415. The summed E-state index contributed by atoms with van der Waals surface area (Å²) < 4.78 is 19.3. The van der Waals surface area contributed by atoms with E-state index in [1.54, 1.807) is 17.0 Å². The van der Waals surface area contributed by atoms with E-state index in [4.69, 9.17) is 10.5 Å². The number of carbonyl (C=O) groups is 2. The number of benzene rings is 2. The summed E-state index contributed by atoms with van der Waals surface area (Å²) in [5, 5.41) is 11.3. The standard InChI is InChI=1S/C15H20FN3O3.C14H13N3/c1-22-14-4-2-3-12(16)11(14)8-19-7-10(18-9-20)5-6-13(19)15(17)21;1-9-3-4-13-12(7-9)14(17-16-13)11-5-6-15-10(2)8-11/h2-4,9-10,13H,5-8H2,1H3,(H2,17,21)(H,18,20);3-8H,1-2H3,(H,16,17)/t10-,13?;/m1./s1. The number of hydrogen-bond acceptors (Lipinski definition) is 6. The number of aromatic nitrogens is 3. The van der Waals surface area contributed by atoms with Gasteiger partial charge in [0, 0.05) is 47.5 Å². The first-order chi connectivity index (χ1) is 18.8. The average Bonchev–Trinajstić information content (AvgIpc) is 3.33. The third kappa shape index (κ3) is 6.58. The zero-order valence-corrected chi connectivity index (χ0v) is 22.3. The van der Waals surface area contributed by atoms with E-state index in [1.165, 1.54) is 18.7 Å². The number of aromatic amines is 1. The van der Waals surface area contributed by atoms with Gasteiger partial charge in [0.05, 0.1) is 18.7 Å². The summed E-state index contributed by atoms with van der Waals surface area (Å²) >= 11 is 0. The van der Waals surface area contributed by atoms with Crippen LogP contribution in [0.2, 0.25) is 0 Å². The molecule has 10 heteroatoms. The number of hydrogen-bond donors (Lipinski definition) is 3. The Bertz CT molecular complexity index is 1460. The average molecular weight is 533 g/mol. The Morgan fingerprint density at radius 2 is 2.05 bits per heavy atom. The fraction of sp³-hybridized carbons (Fsp3) is 0.310. The van der Waals surface area contributed by atoms with E-state index in [0.29, 0.717) is 37.1 Å². The van der Waals surface area contributed by atoms with Crippen LogP contribution < -0.4 is 15.8 Å². The van der Waals surface area contributed by atoms with Crippen molar-refractivity contribution in [3.8, 4) is 17.0 Å². The number of aryl methyl sites for hydroxylation is 2. The molecule has 9 nitrogen and oxygen atoms in total. The van der Waals surface area contributed by atoms with Crippen LogP contribution in [0.1, 0.15) is 29.7 Å². The van der Waals surface area contributed by atoms with Crippen molar-refractivity contribution in [2.24, 2.45) is 5.73 Å². The minimum Gasteiger partial charge on any atom is -0.496 e. The molecule has 3 heterocycles. The van der Waals surface area contributed by atoms with Crippen molar-refractivity contribution in [3.63, 3.8) is 0 Å². The summed E-state index contributed by atoms with van der Waals surface area (Å²) in [6, 6.07) is 14.4. The molecule has 1 fully saturated rings. The maximum absolute atomic E-state index is 14.1. The van der Waals surface area contributed by atoms with E-state index in [9.17, 15) is 14.0 Å². The number of carbonyl (C=O) groups excluding carboxylic acids is 2. The lowest BCUT2D eigenvalue weighted by Crippen LogP contribution is -2.54. The van der Waals surface area contributed by atoms with Crippen LogP contribution in [0.25, 0.3) is 22.2 Å². The minimum absolute atomic E-state index is 0.0779. The van der Waals surface area contributed by atoms with Crippen molar-refractivity contribution in [1.82, 2.24) is 25.4 Å². The molecule has 5 rings (SSSR count). The molecule has 2 amide bonds. The Morgan fingerprint density at radius 1 is 1.23 bits per heavy atom. The lowest BCUT2D eigenvalue weighted by Gasteiger charge is -2.38. The lowest BCUT2D eigenvalue weighted by atomic mass is 9.97. The Morgan fingerprint density at radius 3 is 2.77 bits per heavy atom. The zero-order chi connectivity index (χ0) is 27.9. The second-order valence-corrected chi connectivity index (χ2v) is 9.63. The van der Waals surface area contributed by atoms with Crippen LogP contribution in [-0.4, -0.2) is 58.1 Å². The monoisotopic (exact) mass is 532 g/mol. The molecule has 0 saturated carbocycles. The molecule has 0 radical (unpaired) electrons. The highest BCUT2D eigenvalue weighted by molar-refractivity contribution is 5.93. The van der Waals surface area contributed by atoms with Gasteiger partial charge in [-0.3, -0.25) is 24.6 Å². The smallest absolute Gasteiger partial charge is 0.234 e. The maximum Gasteiger partial charge on any atom is 0.234 e. The molecular formula is C29H33FN6O3. The second-order valence-electron chi connectivity index (χ2n) is 9.63. The molecule has 4 N–H and O–H groups in total. The van der Waals surface area contributed by atoms with Gasteiger partial charge in [-0.2, -0.15) is 5.10 Å². The molecule has 0 aliphatic carbocycles. The normalized spacial score (nSPS) is 17.2. The molecule has 1 aliphatic heterocycles. The van der Waals surface area contributed by atoms with Gasteiger partial charge < -0.3 is 15.8 Å². The van der Waals surface area contributed by atoms with Crippen molar-refractivity contribution >= 4 is 23.2 Å². The number of primary amides is 1. The Kier molecular flexibility index (Phi) is 8.88. The number of methoxy groups -OCH3 is 1. The molecule has 0 bridgehead atoms. The van der Waals surface area contributed by atoms with Gasteiger partial charge in [0.2, 0.25) is 12.3 Å². The summed E-state index contributed by atoms with van der Waals surface area (Å²) in [6.07, 6.45) is 3.65. The van der Waals surface area contributed by atoms with E-state index in [0.717, 1.165) is 27.9 Å². The van der Waals surface area contributed by atoms with Crippen LogP contribution in [0.5, 0.6) is 5.75 Å². The second kappa shape index (κ2) is 12.5. The minimum atomic E-state index is -0.478. The number of nitrogens with one attached hydrogen (secondary N) is 2. The number of rotatable bonds is 7. The molecule has 2 aromatic carbocycles. The summed E-state index contributed by atoms with van der Waals surface area (Å²) in [4.78, 5) is 28.2. The number of pyridine rings is 1. The fourth-order valence-corrected chi connectivity index (χ4v) is 4.90. The number of nitrogens with two attached hydrogens (primary N) is 1. The molecule has 2 aromatic heterocycles. The molecule has 4 aromatic rings. The van der Waals surface area contributed by atoms with Gasteiger partial charge in [-0.25, -0.2) is 4.39 Å². The number of amides is 2. The SMILES string of the molecule is COc1cccc(F)c1CN1C[C@H](NC=O)CCC1C(N)=O.Cc1ccc2[nH]nc(-c3ccnc(C)c3)c2c1. The number of ether oxygens (including phenoxy) is 1. The Balaban J connectivity index is 0.000000186. The van der Waals surface area contributed by atoms with Crippen LogP contribution in [0, 0.1) is 19.7 Å². The molecule has 204 valence electrons. The van der Waals surface area contributed by atoms with Crippen molar-refractivity contribution in [1.29, 1.82) is 0 Å². The first kappa shape index (κ1) is 27.7. The molecule has 1 unspecified atom stereocenters. The third-order valence-electron chi connectivity index (χ3n) is 6.86. The molecule has 2 atom stereocenters. The third-order valence-corrected chi connectivity index (χ3v) is 6.86. The summed E-state index contributed by atoms with van der Waals surface area (Å²) in [6.45, 7) is 4.71. The van der Waals surface area contributed by atoms with Gasteiger partial charge in [-0.05, 0) is 63.1 Å². The van der Waals surface area contributed by atoms with E-state index < -0.39 is 17.8 Å². The van der Waals surface area contributed by atoms with Gasteiger partial charge in [0.25, 0.3) is 0 Å². The Hall–Kier alpha value is -4.31. The highest BCUT2D eigenvalue weighted by Gasteiger charge is 2.32. The van der Waals surface area contributed by atoms with E-state index in [2.05, 4.69) is 51.7 Å². The highest BCUT2D eigenvalue weighted by atomic mass is 19.1. The lowest BCUT2D eigenvalue weighted by molar-refractivity contribution is -0.125. The molecular weight excluding hydrogens is 499 g/mol. The largest absolute Gasteiger partial charge is 0.496 e. The number of likely N-dealkylation sites (tertiary alicyclic amines) is 1. The van der Waals surface area contributed by atoms with Crippen LogP contribution in [0.4, 0.5) is 4.39 Å². The maximum atomic E-state index is 14.1. The van der Waals surface area contributed by atoms with Gasteiger partial charge in [0.15, 0.2) is 0 Å². The van der Waals surface area contributed by atoms with Gasteiger partial charge in [-0.15, -0.1) is 0 Å².